The molecule has 9 heteroatoms. The van der Waals surface area contributed by atoms with Gasteiger partial charge in [0.25, 0.3) is 10.0 Å². The predicted octanol–water partition coefficient (Wildman–Crippen LogP) is 4.87. The van der Waals surface area contributed by atoms with Crippen molar-refractivity contribution in [3.63, 3.8) is 0 Å². The fraction of sp³-hybridized carbons (Fsp3) is 0.167. The zero-order chi connectivity index (χ0) is 24.0. The number of carbonyl (C=O) groups is 2. The summed E-state index contributed by atoms with van der Waals surface area (Å²) in [6.07, 6.45) is 0. The van der Waals surface area contributed by atoms with Crippen LogP contribution < -0.4 is 15.4 Å². The lowest BCUT2D eigenvalue weighted by Gasteiger charge is -2.13. The molecule has 0 aromatic heterocycles. The molecule has 0 saturated carbocycles. The van der Waals surface area contributed by atoms with E-state index in [2.05, 4.69) is 15.4 Å². The van der Waals surface area contributed by atoms with E-state index in [9.17, 15) is 18.0 Å². The first-order chi connectivity index (χ1) is 15.6. The van der Waals surface area contributed by atoms with Gasteiger partial charge in [-0.2, -0.15) is 0 Å². The third kappa shape index (κ3) is 7.10. The second-order valence-corrected chi connectivity index (χ2v) is 10.5. The minimum Gasteiger partial charge on any atom is -0.326 e. The summed E-state index contributed by atoms with van der Waals surface area (Å²) in [5.41, 5.74) is 2.63. The smallest absolute Gasteiger partial charge is 0.261 e. The monoisotopic (exact) mass is 483 g/mol. The molecule has 0 aliphatic heterocycles. The fourth-order valence-corrected chi connectivity index (χ4v) is 4.80. The van der Waals surface area contributed by atoms with E-state index in [-0.39, 0.29) is 22.0 Å². The van der Waals surface area contributed by atoms with Gasteiger partial charge in [0.05, 0.1) is 10.1 Å². The van der Waals surface area contributed by atoms with Crippen molar-refractivity contribution in [1.29, 1.82) is 0 Å². The van der Waals surface area contributed by atoms with E-state index in [1.54, 1.807) is 67.6 Å². The fourth-order valence-electron chi connectivity index (χ4n) is 2.87. The molecule has 1 atom stereocenters. The van der Waals surface area contributed by atoms with Crippen LogP contribution in [0.5, 0.6) is 0 Å². The lowest BCUT2D eigenvalue weighted by molar-refractivity contribution is -0.115. The van der Waals surface area contributed by atoms with Crippen molar-refractivity contribution in [2.45, 2.75) is 35.8 Å². The molecule has 0 heterocycles. The summed E-state index contributed by atoms with van der Waals surface area (Å²) in [6.45, 7) is 5.13. The van der Waals surface area contributed by atoms with Gasteiger partial charge in [0.15, 0.2) is 0 Å². The molecule has 7 nitrogen and oxygen atoms in total. The highest BCUT2D eigenvalue weighted by Gasteiger charge is 2.16. The van der Waals surface area contributed by atoms with Crippen LogP contribution in [0.1, 0.15) is 19.4 Å². The molecule has 1 unspecified atom stereocenters. The first kappa shape index (κ1) is 24.3. The van der Waals surface area contributed by atoms with E-state index >= 15 is 0 Å². The number of anilines is 3. The van der Waals surface area contributed by atoms with Crippen LogP contribution in [0.4, 0.5) is 17.1 Å². The van der Waals surface area contributed by atoms with Crippen molar-refractivity contribution >= 4 is 50.7 Å². The van der Waals surface area contributed by atoms with Crippen LogP contribution in [0.15, 0.2) is 82.6 Å². The number of amides is 2. The minimum absolute atomic E-state index is 0.142. The van der Waals surface area contributed by atoms with Crippen LogP contribution in [-0.4, -0.2) is 25.5 Å². The number of rotatable bonds is 8. The number of carbonyl (C=O) groups excluding carboxylic acids is 2. The molecule has 0 radical (unpaired) electrons. The molecule has 172 valence electrons. The molecule has 3 N–H and O–H groups in total. The number of nitrogens with one attached hydrogen (secondary N) is 3. The van der Waals surface area contributed by atoms with Crippen LogP contribution in [0.2, 0.25) is 0 Å². The number of aryl methyl sites for hydroxylation is 1. The average Bonchev–Trinajstić information content (AvgIpc) is 2.76. The third-order valence-electron chi connectivity index (χ3n) is 4.59. The van der Waals surface area contributed by atoms with E-state index in [1.807, 2.05) is 19.1 Å². The van der Waals surface area contributed by atoms with Crippen LogP contribution >= 0.6 is 11.8 Å². The van der Waals surface area contributed by atoms with Crippen molar-refractivity contribution in [3.05, 3.63) is 78.4 Å². The van der Waals surface area contributed by atoms with E-state index in [4.69, 9.17) is 0 Å². The highest BCUT2D eigenvalue weighted by molar-refractivity contribution is 8.00. The molecule has 0 aliphatic carbocycles. The molecule has 0 bridgehead atoms. The zero-order valence-corrected chi connectivity index (χ0v) is 20.1. The van der Waals surface area contributed by atoms with Crippen molar-refractivity contribution in [3.8, 4) is 0 Å². The van der Waals surface area contributed by atoms with Crippen molar-refractivity contribution in [2.75, 3.05) is 15.4 Å². The number of sulfonamides is 1. The molecular formula is C24H25N3O4S2. The Labute approximate surface area is 198 Å². The van der Waals surface area contributed by atoms with Crippen LogP contribution in [0, 0.1) is 6.92 Å². The second kappa shape index (κ2) is 10.5. The largest absolute Gasteiger partial charge is 0.326 e. The van der Waals surface area contributed by atoms with Gasteiger partial charge in [-0.15, -0.1) is 11.8 Å². The summed E-state index contributed by atoms with van der Waals surface area (Å²) >= 11 is 1.39. The van der Waals surface area contributed by atoms with E-state index < -0.39 is 10.0 Å². The van der Waals surface area contributed by atoms with Crippen molar-refractivity contribution < 1.29 is 18.0 Å². The minimum atomic E-state index is -3.69. The van der Waals surface area contributed by atoms with Crippen molar-refractivity contribution in [1.82, 2.24) is 0 Å². The standard InChI is InChI=1S/C24H25N3O4S2/c1-16-4-14-23(15-5-16)33(30,31)27-21-8-6-20(7-9-21)26-24(29)17(2)32-22-12-10-19(11-13-22)25-18(3)28/h4-15,17,27H,1-3H3,(H,25,28)(H,26,29). The predicted molar refractivity (Wildman–Crippen MR) is 133 cm³/mol. The Kier molecular flexibility index (Phi) is 7.78. The Bertz CT molecular complexity index is 1220. The maximum atomic E-state index is 12.6. The quantitative estimate of drug-likeness (QED) is 0.397. The van der Waals surface area contributed by atoms with Gasteiger partial charge in [-0.1, -0.05) is 17.7 Å². The maximum absolute atomic E-state index is 12.6. The SMILES string of the molecule is CC(=O)Nc1ccc(SC(C)C(=O)Nc2ccc(NS(=O)(=O)c3ccc(C)cc3)cc2)cc1. The van der Waals surface area contributed by atoms with E-state index in [0.29, 0.717) is 17.1 Å². The lowest BCUT2D eigenvalue weighted by atomic mass is 10.2. The van der Waals surface area contributed by atoms with Gasteiger partial charge in [-0.25, -0.2) is 8.42 Å². The molecule has 3 aromatic carbocycles. The number of hydrogen-bond donors (Lipinski definition) is 3. The maximum Gasteiger partial charge on any atom is 0.261 e. The summed E-state index contributed by atoms with van der Waals surface area (Å²) in [7, 11) is -3.69. The molecule has 3 aromatic rings. The average molecular weight is 484 g/mol. The molecule has 0 spiro atoms. The summed E-state index contributed by atoms with van der Waals surface area (Å²) in [6, 6.07) is 20.3. The Hall–Kier alpha value is -3.30. The van der Waals surface area contributed by atoms with Gasteiger partial charge in [-0.3, -0.25) is 14.3 Å². The number of benzene rings is 3. The van der Waals surface area contributed by atoms with Gasteiger partial charge in [0, 0.05) is 28.9 Å². The Balaban J connectivity index is 1.57. The third-order valence-corrected chi connectivity index (χ3v) is 7.10. The topological polar surface area (TPSA) is 104 Å². The molecule has 0 saturated heterocycles. The molecule has 0 aliphatic rings. The summed E-state index contributed by atoms with van der Waals surface area (Å²) in [5.74, 6) is -0.323. The zero-order valence-electron chi connectivity index (χ0n) is 18.5. The number of hydrogen-bond acceptors (Lipinski definition) is 5. The normalized spacial score (nSPS) is 12.0. The van der Waals surface area contributed by atoms with Crippen LogP contribution in [0.25, 0.3) is 0 Å². The molecule has 2 amide bonds. The highest BCUT2D eigenvalue weighted by Crippen LogP contribution is 2.26. The summed E-state index contributed by atoms with van der Waals surface area (Å²) < 4.78 is 27.6. The van der Waals surface area contributed by atoms with Crippen LogP contribution in [0.3, 0.4) is 0 Å². The van der Waals surface area contributed by atoms with Gasteiger partial charge in [0.2, 0.25) is 11.8 Å². The first-order valence-electron chi connectivity index (χ1n) is 10.2. The van der Waals surface area contributed by atoms with Gasteiger partial charge >= 0.3 is 0 Å². The van der Waals surface area contributed by atoms with E-state index in [1.165, 1.54) is 18.7 Å². The van der Waals surface area contributed by atoms with Gasteiger partial charge in [0.1, 0.15) is 0 Å². The summed E-state index contributed by atoms with van der Waals surface area (Å²) in [4.78, 5) is 24.7. The molecule has 0 fully saturated rings. The highest BCUT2D eigenvalue weighted by atomic mass is 32.2. The Morgan fingerprint density at radius 3 is 1.88 bits per heavy atom. The van der Waals surface area contributed by atoms with Gasteiger partial charge < -0.3 is 10.6 Å². The molecular weight excluding hydrogens is 458 g/mol. The van der Waals surface area contributed by atoms with Crippen molar-refractivity contribution in [2.24, 2.45) is 0 Å². The number of thioether (sulfide) groups is 1. The Morgan fingerprint density at radius 1 is 0.788 bits per heavy atom. The van der Waals surface area contributed by atoms with Gasteiger partial charge in [-0.05, 0) is 74.5 Å². The molecule has 33 heavy (non-hydrogen) atoms. The Morgan fingerprint density at radius 2 is 1.30 bits per heavy atom. The molecule has 3 rings (SSSR count). The van der Waals surface area contributed by atoms with Crippen LogP contribution in [-0.2, 0) is 19.6 Å². The summed E-state index contributed by atoms with van der Waals surface area (Å²) in [5, 5.41) is 5.17. The first-order valence-corrected chi connectivity index (χ1v) is 12.5. The van der Waals surface area contributed by atoms with E-state index in [0.717, 1.165) is 10.5 Å². The lowest BCUT2D eigenvalue weighted by Crippen LogP contribution is -2.22. The second-order valence-electron chi connectivity index (χ2n) is 7.45.